The molecule has 1 aliphatic rings. The summed E-state index contributed by atoms with van der Waals surface area (Å²) in [5.74, 6) is -7.32. The van der Waals surface area contributed by atoms with Gasteiger partial charge >= 0.3 is 18.1 Å². The van der Waals surface area contributed by atoms with Gasteiger partial charge in [0.25, 0.3) is 5.92 Å². The Bertz CT molecular complexity index is 662. The first kappa shape index (κ1) is 23.8. The fraction of sp³-hybridized carbons (Fsp3) is 0.688. The molecule has 0 amide bonds. The number of carboxylic acid groups (broad SMARTS) is 2. The number of halogens is 5. The van der Waals surface area contributed by atoms with Crippen molar-refractivity contribution in [3.63, 3.8) is 0 Å². The topological polar surface area (TPSA) is 113 Å². The minimum absolute atomic E-state index is 0.0218. The highest BCUT2D eigenvalue weighted by Crippen LogP contribution is 2.35. The molecule has 0 radical (unpaired) electrons. The highest BCUT2D eigenvalue weighted by Gasteiger charge is 2.43. The lowest BCUT2D eigenvalue weighted by molar-refractivity contribution is -0.192. The van der Waals surface area contributed by atoms with Crippen molar-refractivity contribution in [3.05, 3.63) is 17.5 Å². The number of aromatic nitrogens is 1. The van der Waals surface area contributed by atoms with Gasteiger partial charge in [0.1, 0.15) is 6.26 Å². The first-order chi connectivity index (χ1) is 12.9. The van der Waals surface area contributed by atoms with Crippen LogP contribution in [0.2, 0.25) is 0 Å². The zero-order chi connectivity index (χ0) is 21.5. The second-order valence-corrected chi connectivity index (χ2v) is 6.29. The third kappa shape index (κ3) is 7.06. The van der Waals surface area contributed by atoms with Gasteiger partial charge in [0.2, 0.25) is 0 Å². The van der Waals surface area contributed by atoms with E-state index in [1.165, 1.54) is 6.26 Å². The zero-order valence-electron chi connectivity index (χ0n) is 14.9. The summed E-state index contributed by atoms with van der Waals surface area (Å²) >= 11 is 0. The van der Waals surface area contributed by atoms with E-state index in [9.17, 15) is 26.7 Å². The van der Waals surface area contributed by atoms with Crippen LogP contribution in [0, 0.1) is 5.92 Å². The van der Waals surface area contributed by atoms with Gasteiger partial charge < -0.3 is 20.1 Å². The Kier molecular flexibility index (Phi) is 8.33. The van der Waals surface area contributed by atoms with Crippen LogP contribution in [0.25, 0.3) is 0 Å². The van der Waals surface area contributed by atoms with Crippen molar-refractivity contribution in [2.45, 2.75) is 63.7 Å². The molecule has 2 atom stereocenters. The SMILES string of the molecule is CCc1nocc1CN[C@@H]1CC[C@@H](C(=O)O)CCC1(F)F.O=C(O)C(F)(F)F. The maximum Gasteiger partial charge on any atom is 0.490 e. The molecule has 1 aromatic rings. The third-order valence-corrected chi connectivity index (χ3v) is 4.33. The van der Waals surface area contributed by atoms with Gasteiger partial charge in [-0.3, -0.25) is 4.79 Å². The number of aliphatic carboxylic acids is 2. The first-order valence-electron chi connectivity index (χ1n) is 8.44. The average Bonchev–Trinajstić information content (AvgIpc) is 2.97. The van der Waals surface area contributed by atoms with Crippen molar-refractivity contribution in [3.8, 4) is 0 Å². The molecule has 0 saturated heterocycles. The van der Waals surface area contributed by atoms with Gasteiger partial charge in [-0.15, -0.1) is 0 Å². The fourth-order valence-corrected chi connectivity index (χ4v) is 2.71. The molecule has 0 aromatic carbocycles. The predicted molar refractivity (Wildman–Crippen MR) is 84.7 cm³/mol. The smallest absolute Gasteiger partial charge is 0.481 e. The number of carbonyl (C=O) groups is 2. The summed E-state index contributed by atoms with van der Waals surface area (Å²) in [5, 5.41) is 22.8. The molecule has 7 nitrogen and oxygen atoms in total. The van der Waals surface area contributed by atoms with Crippen LogP contribution >= 0.6 is 0 Å². The Balaban J connectivity index is 0.000000480. The van der Waals surface area contributed by atoms with E-state index in [1.54, 1.807) is 0 Å². The summed E-state index contributed by atoms with van der Waals surface area (Å²) < 4.78 is 64.7. The number of aryl methyl sites for hydroxylation is 1. The summed E-state index contributed by atoms with van der Waals surface area (Å²) in [6.45, 7) is 2.17. The molecule has 12 heteroatoms. The third-order valence-electron chi connectivity index (χ3n) is 4.33. The van der Waals surface area contributed by atoms with E-state index in [0.717, 1.165) is 11.3 Å². The van der Waals surface area contributed by atoms with E-state index < -0.39 is 42.4 Å². The molecule has 1 fully saturated rings. The molecule has 0 bridgehead atoms. The van der Waals surface area contributed by atoms with Crippen LogP contribution in [0.1, 0.15) is 43.9 Å². The van der Waals surface area contributed by atoms with Crippen LogP contribution in [-0.2, 0) is 22.6 Å². The van der Waals surface area contributed by atoms with Gasteiger partial charge in [-0.05, 0) is 25.7 Å². The summed E-state index contributed by atoms with van der Waals surface area (Å²) in [7, 11) is 0. The standard InChI is InChI=1S/C14H20F2N2O3.C2HF3O2/c1-2-11-10(8-21-18-11)7-17-12-4-3-9(13(19)20)5-6-14(12,15)16;3-2(4,5)1(6)7/h8-9,12,17H,2-7H2,1H3,(H,19,20);(H,6,7)/t9-,12-;/m1./s1. The molecule has 0 unspecified atom stereocenters. The highest BCUT2D eigenvalue weighted by molar-refractivity contribution is 5.73. The lowest BCUT2D eigenvalue weighted by Gasteiger charge is -2.25. The lowest BCUT2D eigenvalue weighted by atomic mass is 10.0. The zero-order valence-corrected chi connectivity index (χ0v) is 14.9. The molecular weight excluding hydrogens is 395 g/mol. The number of carboxylic acids is 2. The monoisotopic (exact) mass is 416 g/mol. The highest BCUT2D eigenvalue weighted by atomic mass is 19.4. The molecule has 0 aliphatic heterocycles. The van der Waals surface area contributed by atoms with Crippen molar-refractivity contribution in [1.29, 1.82) is 0 Å². The van der Waals surface area contributed by atoms with E-state index in [4.69, 9.17) is 19.5 Å². The van der Waals surface area contributed by atoms with Gasteiger partial charge in [0, 0.05) is 18.5 Å². The molecule has 28 heavy (non-hydrogen) atoms. The van der Waals surface area contributed by atoms with Gasteiger partial charge in [-0.1, -0.05) is 12.1 Å². The normalized spacial score (nSPS) is 21.9. The summed E-state index contributed by atoms with van der Waals surface area (Å²) in [6.07, 6.45) is -2.90. The minimum Gasteiger partial charge on any atom is -0.481 e. The molecule has 1 saturated carbocycles. The van der Waals surface area contributed by atoms with Crippen molar-refractivity contribution in [2.24, 2.45) is 5.92 Å². The van der Waals surface area contributed by atoms with Crippen molar-refractivity contribution in [2.75, 3.05) is 0 Å². The van der Waals surface area contributed by atoms with Crippen LogP contribution in [0.3, 0.4) is 0 Å². The molecular formula is C16H21F5N2O5. The van der Waals surface area contributed by atoms with Crippen molar-refractivity contribution < 1.29 is 46.3 Å². The van der Waals surface area contributed by atoms with E-state index >= 15 is 0 Å². The van der Waals surface area contributed by atoms with E-state index in [1.807, 2.05) is 6.92 Å². The largest absolute Gasteiger partial charge is 0.490 e. The van der Waals surface area contributed by atoms with Gasteiger partial charge in [-0.25, -0.2) is 13.6 Å². The van der Waals surface area contributed by atoms with Crippen LogP contribution in [0.5, 0.6) is 0 Å². The van der Waals surface area contributed by atoms with E-state index in [-0.39, 0.29) is 25.8 Å². The number of hydrogen-bond acceptors (Lipinski definition) is 5. The van der Waals surface area contributed by atoms with Gasteiger partial charge in [0.05, 0.1) is 17.7 Å². The maximum atomic E-state index is 14.1. The maximum absolute atomic E-state index is 14.1. The van der Waals surface area contributed by atoms with Gasteiger partial charge in [-0.2, -0.15) is 13.2 Å². The number of rotatable bonds is 5. The quantitative estimate of drug-likeness (QED) is 0.499. The van der Waals surface area contributed by atoms with Crippen LogP contribution in [-0.4, -0.2) is 45.4 Å². The second kappa shape index (κ2) is 9.80. The predicted octanol–water partition coefficient (Wildman–Crippen LogP) is 3.24. The second-order valence-electron chi connectivity index (χ2n) is 6.29. The molecule has 1 aromatic heterocycles. The number of hydrogen-bond donors (Lipinski definition) is 3. The molecule has 0 spiro atoms. The van der Waals surface area contributed by atoms with Crippen LogP contribution in [0.15, 0.2) is 10.8 Å². The first-order valence-corrected chi connectivity index (χ1v) is 8.44. The number of nitrogens with one attached hydrogen (secondary N) is 1. The molecule has 1 heterocycles. The van der Waals surface area contributed by atoms with Crippen LogP contribution in [0.4, 0.5) is 22.0 Å². The van der Waals surface area contributed by atoms with Gasteiger partial charge in [0.15, 0.2) is 0 Å². The Morgan fingerprint density at radius 3 is 2.39 bits per heavy atom. The van der Waals surface area contributed by atoms with Crippen molar-refractivity contribution in [1.82, 2.24) is 10.5 Å². The fourth-order valence-electron chi connectivity index (χ4n) is 2.71. The molecule has 2 rings (SSSR count). The number of nitrogens with zero attached hydrogens (tertiary/aromatic N) is 1. The molecule has 1 aliphatic carbocycles. The summed E-state index contributed by atoms with van der Waals surface area (Å²) in [4.78, 5) is 19.9. The number of alkyl halides is 5. The Morgan fingerprint density at radius 2 is 1.89 bits per heavy atom. The Labute approximate surface area is 156 Å². The minimum atomic E-state index is -5.08. The average molecular weight is 416 g/mol. The van der Waals surface area contributed by atoms with Crippen molar-refractivity contribution >= 4 is 11.9 Å². The summed E-state index contributed by atoms with van der Waals surface area (Å²) in [5.41, 5.74) is 1.52. The lowest BCUT2D eigenvalue weighted by Crippen LogP contribution is -2.43. The van der Waals surface area contributed by atoms with E-state index in [2.05, 4.69) is 10.5 Å². The Hall–Kier alpha value is -2.24. The van der Waals surface area contributed by atoms with E-state index in [0.29, 0.717) is 6.42 Å². The molecule has 160 valence electrons. The van der Waals surface area contributed by atoms with Crippen LogP contribution < -0.4 is 5.32 Å². The summed E-state index contributed by atoms with van der Waals surface area (Å²) in [6, 6.07) is -1.01. The Morgan fingerprint density at radius 1 is 1.29 bits per heavy atom. The molecule has 3 N–H and O–H groups in total.